The molecule has 4 rings (SSSR count). The fourth-order valence-electron chi connectivity index (χ4n) is 3.17. The Morgan fingerprint density at radius 2 is 2.00 bits per heavy atom. The number of nitrogens with two attached hydrogens (primary N) is 1. The summed E-state index contributed by atoms with van der Waals surface area (Å²) >= 11 is 0. The third kappa shape index (κ3) is 2.64. The SMILES string of the molecule is CCS(=O)(=O)c1c(-c2nc3cc(C)ncc3n2C)nn2cc(C(N)=O)ccc12. The summed E-state index contributed by atoms with van der Waals surface area (Å²) < 4.78 is 28.9. The Hall–Kier alpha value is -3.27. The number of hydrogen-bond donors (Lipinski definition) is 1. The zero-order valence-electron chi connectivity index (χ0n) is 15.5. The van der Waals surface area contributed by atoms with Gasteiger partial charge in [-0.15, -0.1) is 0 Å². The number of pyridine rings is 2. The van der Waals surface area contributed by atoms with E-state index in [1.54, 1.807) is 24.7 Å². The third-order valence-electron chi connectivity index (χ3n) is 4.68. The first kappa shape index (κ1) is 18.1. The standard InChI is InChI=1S/C18H18N6O3S/c1-4-28(26,27)16-13-6-5-11(17(19)25)9-24(13)22-15(16)18-21-12-7-10(2)20-8-14(12)23(18)3/h5-9H,4H2,1-3H3,(H2,19,25). The van der Waals surface area contributed by atoms with Crippen LogP contribution in [0.4, 0.5) is 0 Å². The van der Waals surface area contributed by atoms with Crippen molar-refractivity contribution in [2.45, 2.75) is 18.7 Å². The van der Waals surface area contributed by atoms with E-state index in [1.165, 1.54) is 22.8 Å². The minimum atomic E-state index is -3.62. The van der Waals surface area contributed by atoms with Crippen molar-refractivity contribution in [2.75, 3.05) is 5.75 Å². The summed E-state index contributed by atoms with van der Waals surface area (Å²) in [4.78, 5) is 20.5. The minimum absolute atomic E-state index is 0.0779. The molecule has 144 valence electrons. The lowest BCUT2D eigenvalue weighted by atomic mass is 10.2. The first-order valence-electron chi connectivity index (χ1n) is 8.57. The Morgan fingerprint density at radius 1 is 1.25 bits per heavy atom. The summed E-state index contributed by atoms with van der Waals surface area (Å²) in [7, 11) is -1.84. The average Bonchev–Trinajstić information content (AvgIpc) is 3.18. The third-order valence-corrected chi connectivity index (χ3v) is 6.46. The number of hydrogen-bond acceptors (Lipinski definition) is 6. The van der Waals surface area contributed by atoms with E-state index in [9.17, 15) is 13.2 Å². The molecule has 0 saturated heterocycles. The van der Waals surface area contributed by atoms with Gasteiger partial charge in [0.1, 0.15) is 10.6 Å². The highest BCUT2D eigenvalue weighted by molar-refractivity contribution is 7.91. The molecule has 0 fully saturated rings. The van der Waals surface area contributed by atoms with Crippen LogP contribution in [0, 0.1) is 6.92 Å². The van der Waals surface area contributed by atoms with E-state index in [0.717, 1.165) is 11.2 Å². The Morgan fingerprint density at radius 3 is 2.68 bits per heavy atom. The lowest BCUT2D eigenvalue weighted by Crippen LogP contribution is -2.12. The van der Waals surface area contributed by atoms with Gasteiger partial charge in [-0.25, -0.2) is 17.9 Å². The molecule has 0 unspecified atom stereocenters. The predicted octanol–water partition coefficient (Wildman–Crippen LogP) is 1.48. The Bertz CT molecular complexity index is 1370. The fourth-order valence-corrected chi connectivity index (χ4v) is 4.37. The van der Waals surface area contributed by atoms with Crippen LogP contribution in [0.25, 0.3) is 28.1 Å². The molecule has 0 aliphatic rings. The molecule has 2 N–H and O–H groups in total. The second kappa shape index (κ2) is 6.13. The molecule has 0 aliphatic heterocycles. The highest BCUT2D eigenvalue weighted by Gasteiger charge is 2.28. The van der Waals surface area contributed by atoms with Crippen molar-refractivity contribution in [1.82, 2.24) is 24.1 Å². The van der Waals surface area contributed by atoms with Gasteiger partial charge in [-0.05, 0) is 25.1 Å². The molecule has 4 aromatic rings. The van der Waals surface area contributed by atoms with Gasteiger partial charge in [0.05, 0.1) is 34.1 Å². The van der Waals surface area contributed by atoms with Crippen molar-refractivity contribution in [1.29, 1.82) is 0 Å². The number of nitrogens with zero attached hydrogens (tertiary/aromatic N) is 5. The highest BCUT2D eigenvalue weighted by atomic mass is 32.2. The lowest BCUT2D eigenvalue weighted by Gasteiger charge is -2.04. The van der Waals surface area contributed by atoms with Crippen LogP contribution in [-0.4, -0.2) is 44.2 Å². The molecule has 0 aliphatic carbocycles. The number of fused-ring (bicyclic) bond motifs is 2. The van der Waals surface area contributed by atoms with E-state index in [0.29, 0.717) is 16.9 Å². The fraction of sp³-hybridized carbons (Fsp3) is 0.222. The van der Waals surface area contributed by atoms with Crippen LogP contribution in [0.15, 0.2) is 35.5 Å². The quantitative estimate of drug-likeness (QED) is 0.555. The van der Waals surface area contributed by atoms with Gasteiger partial charge in [-0.2, -0.15) is 5.10 Å². The van der Waals surface area contributed by atoms with Gasteiger partial charge in [0.25, 0.3) is 0 Å². The second-order valence-electron chi connectivity index (χ2n) is 6.50. The zero-order chi connectivity index (χ0) is 20.2. The van der Waals surface area contributed by atoms with Crippen molar-refractivity contribution in [3.05, 3.63) is 41.9 Å². The van der Waals surface area contributed by atoms with Crippen LogP contribution >= 0.6 is 0 Å². The predicted molar refractivity (Wildman–Crippen MR) is 104 cm³/mol. The van der Waals surface area contributed by atoms with Crippen LogP contribution in [0.2, 0.25) is 0 Å². The van der Waals surface area contributed by atoms with E-state index in [1.807, 2.05) is 13.0 Å². The Balaban J connectivity index is 2.10. The Labute approximate surface area is 160 Å². The molecule has 4 aromatic heterocycles. The van der Waals surface area contributed by atoms with Crippen LogP contribution in [0.5, 0.6) is 0 Å². The van der Waals surface area contributed by atoms with E-state index < -0.39 is 15.7 Å². The lowest BCUT2D eigenvalue weighted by molar-refractivity contribution is 0.0999. The molecule has 0 atom stereocenters. The molecule has 0 radical (unpaired) electrons. The van der Waals surface area contributed by atoms with E-state index >= 15 is 0 Å². The molecule has 28 heavy (non-hydrogen) atoms. The molecule has 9 nitrogen and oxygen atoms in total. The molecule has 0 bridgehead atoms. The van der Waals surface area contributed by atoms with Gasteiger partial charge in [0.15, 0.2) is 15.7 Å². The monoisotopic (exact) mass is 398 g/mol. The van der Waals surface area contributed by atoms with Gasteiger partial charge in [-0.3, -0.25) is 9.78 Å². The van der Waals surface area contributed by atoms with Gasteiger partial charge in [-0.1, -0.05) is 6.92 Å². The summed E-state index contributed by atoms with van der Waals surface area (Å²) in [5.74, 6) is -0.314. The summed E-state index contributed by atoms with van der Waals surface area (Å²) in [6, 6.07) is 4.85. The average molecular weight is 398 g/mol. The molecule has 1 amide bonds. The first-order chi connectivity index (χ1) is 13.2. The first-order valence-corrected chi connectivity index (χ1v) is 10.2. The molecule has 0 aromatic carbocycles. The maximum absolute atomic E-state index is 12.9. The number of amides is 1. The van der Waals surface area contributed by atoms with E-state index in [-0.39, 0.29) is 21.9 Å². The van der Waals surface area contributed by atoms with Gasteiger partial charge < -0.3 is 10.3 Å². The number of aryl methyl sites for hydroxylation is 2. The van der Waals surface area contributed by atoms with Crippen LogP contribution < -0.4 is 5.73 Å². The zero-order valence-corrected chi connectivity index (χ0v) is 16.4. The number of carbonyl (C=O) groups excluding carboxylic acids is 1. The maximum Gasteiger partial charge on any atom is 0.250 e. The summed E-state index contributed by atoms with van der Waals surface area (Å²) in [5.41, 5.74) is 8.41. The van der Waals surface area contributed by atoms with Crippen LogP contribution in [0.1, 0.15) is 23.0 Å². The number of primary amides is 1. The van der Waals surface area contributed by atoms with Crippen molar-refractivity contribution in [2.24, 2.45) is 12.8 Å². The van der Waals surface area contributed by atoms with E-state index in [4.69, 9.17) is 5.73 Å². The van der Waals surface area contributed by atoms with Crippen molar-refractivity contribution < 1.29 is 13.2 Å². The number of rotatable bonds is 4. The van der Waals surface area contributed by atoms with E-state index in [2.05, 4.69) is 15.1 Å². The smallest absolute Gasteiger partial charge is 0.250 e. The largest absolute Gasteiger partial charge is 0.366 e. The molecular weight excluding hydrogens is 380 g/mol. The maximum atomic E-state index is 12.9. The Kier molecular flexibility index (Phi) is 3.96. The van der Waals surface area contributed by atoms with Gasteiger partial charge in [0, 0.05) is 18.9 Å². The number of sulfone groups is 1. The molecule has 0 saturated carbocycles. The summed E-state index contributed by atoms with van der Waals surface area (Å²) in [5, 5.41) is 4.44. The molecule has 4 heterocycles. The molecule has 0 spiro atoms. The van der Waals surface area contributed by atoms with Crippen molar-refractivity contribution in [3.63, 3.8) is 0 Å². The van der Waals surface area contributed by atoms with Gasteiger partial charge >= 0.3 is 0 Å². The number of aromatic nitrogens is 5. The van der Waals surface area contributed by atoms with Gasteiger partial charge in [0.2, 0.25) is 5.91 Å². The number of imidazole rings is 1. The normalized spacial score (nSPS) is 12.1. The summed E-state index contributed by atoms with van der Waals surface area (Å²) in [6.07, 6.45) is 3.11. The second-order valence-corrected chi connectivity index (χ2v) is 8.72. The van der Waals surface area contributed by atoms with Crippen LogP contribution in [0.3, 0.4) is 0 Å². The molecular formula is C18H18N6O3S. The van der Waals surface area contributed by atoms with Crippen molar-refractivity contribution in [3.8, 4) is 11.5 Å². The van der Waals surface area contributed by atoms with Crippen molar-refractivity contribution >= 4 is 32.3 Å². The number of carbonyl (C=O) groups is 1. The summed E-state index contributed by atoms with van der Waals surface area (Å²) in [6.45, 7) is 3.43. The minimum Gasteiger partial charge on any atom is -0.366 e. The molecule has 10 heteroatoms. The van der Waals surface area contributed by atoms with Crippen LogP contribution in [-0.2, 0) is 16.9 Å². The topological polar surface area (TPSA) is 125 Å². The highest BCUT2D eigenvalue weighted by Crippen LogP contribution is 2.32.